The van der Waals surface area contributed by atoms with Gasteiger partial charge in [0.15, 0.2) is 0 Å². The molecule has 6 heteroatoms. The highest BCUT2D eigenvalue weighted by Gasteiger charge is 2.13. The number of nitrogens with zero attached hydrogens (tertiary/aromatic N) is 4. The molecule has 0 bridgehead atoms. The van der Waals surface area contributed by atoms with Crippen LogP contribution in [0.3, 0.4) is 0 Å². The molecular formula is C10H8N6. The molecule has 3 heterocycles. The number of hydrogen-bond donors (Lipinski definition) is 2. The third kappa shape index (κ3) is 1.36. The van der Waals surface area contributed by atoms with E-state index in [1.807, 2.05) is 18.2 Å². The van der Waals surface area contributed by atoms with Crippen molar-refractivity contribution in [2.45, 2.75) is 0 Å². The first kappa shape index (κ1) is 8.78. The second kappa shape index (κ2) is 3.58. The van der Waals surface area contributed by atoms with Crippen LogP contribution in [0.2, 0.25) is 0 Å². The number of H-pyrrole nitrogens is 2. The molecule has 16 heavy (non-hydrogen) atoms. The molecule has 0 unspecified atom stereocenters. The molecule has 0 aliphatic heterocycles. The Labute approximate surface area is 90.8 Å². The van der Waals surface area contributed by atoms with Crippen LogP contribution in [0, 0.1) is 0 Å². The molecule has 0 atom stereocenters. The van der Waals surface area contributed by atoms with Gasteiger partial charge in [-0.25, -0.2) is 4.98 Å². The van der Waals surface area contributed by atoms with Crippen molar-refractivity contribution >= 4 is 0 Å². The molecule has 0 radical (unpaired) electrons. The van der Waals surface area contributed by atoms with E-state index in [0.717, 1.165) is 17.1 Å². The van der Waals surface area contributed by atoms with Gasteiger partial charge in [0.05, 0.1) is 23.9 Å². The SMILES string of the molecule is c1ccc(-c2n[nH]nc2-c2cnc[nH]2)nc1. The van der Waals surface area contributed by atoms with Crippen molar-refractivity contribution in [2.75, 3.05) is 0 Å². The first-order valence-electron chi connectivity index (χ1n) is 4.76. The second-order valence-electron chi connectivity index (χ2n) is 3.20. The zero-order valence-electron chi connectivity index (χ0n) is 8.25. The summed E-state index contributed by atoms with van der Waals surface area (Å²) in [7, 11) is 0. The Hall–Kier alpha value is -2.50. The highest BCUT2D eigenvalue weighted by atomic mass is 15.3. The van der Waals surface area contributed by atoms with Gasteiger partial charge in [-0.05, 0) is 12.1 Å². The van der Waals surface area contributed by atoms with E-state index in [0.29, 0.717) is 5.69 Å². The largest absolute Gasteiger partial charge is 0.343 e. The van der Waals surface area contributed by atoms with Crippen LogP contribution < -0.4 is 0 Å². The smallest absolute Gasteiger partial charge is 0.140 e. The number of imidazole rings is 1. The van der Waals surface area contributed by atoms with E-state index >= 15 is 0 Å². The van der Waals surface area contributed by atoms with Gasteiger partial charge in [-0.3, -0.25) is 4.98 Å². The van der Waals surface area contributed by atoms with Gasteiger partial charge >= 0.3 is 0 Å². The third-order valence-corrected chi connectivity index (χ3v) is 2.21. The van der Waals surface area contributed by atoms with Gasteiger partial charge in [0, 0.05) is 6.20 Å². The molecule has 3 rings (SSSR count). The maximum absolute atomic E-state index is 4.23. The highest BCUT2D eigenvalue weighted by molar-refractivity contribution is 5.72. The van der Waals surface area contributed by atoms with E-state index in [9.17, 15) is 0 Å². The second-order valence-corrected chi connectivity index (χ2v) is 3.20. The van der Waals surface area contributed by atoms with Crippen LogP contribution in [0.5, 0.6) is 0 Å². The zero-order chi connectivity index (χ0) is 10.8. The Morgan fingerprint density at radius 1 is 1.06 bits per heavy atom. The van der Waals surface area contributed by atoms with Crippen LogP contribution in [0.1, 0.15) is 0 Å². The van der Waals surface area contributed by atoms with Gasteiger partial charge in [0.2, 0.25) is 0 Å². The van der Waals surface area contributed by atoms with E-state index in [-0.39, 0.29) is 0 Å². The summed E-state index contributed by atoms with van der Waals surface area (Å²) < 4.78 is 0. The summed E-state index contributed by atoms with van der Waals surface area (Å²) in [6, 6.07) is 5.66. The van der Waals surface area contributed by atoms with Gasteiger partial charge < -0.3 is 4.98 Å². The fourth-order valence-corrected chi connectivity index (χ4v) is 1.49. The average Bonchev–Trinajstić information content (AvgIpc) is 3.01. The predicted octanol–water partition coefficient (Wildman–Crippen LogP) is 1.26. The molecule has 0 saturated heterocycles. The maximum atomic E-state index is 4.23. The summed E-state index contributed by atoms with van der Waals surface area (Å²) >= 11 is 0. The van der Waals surface area contributed by atoms with Crippen molar-refractivity contribution < 1.29 is 0 Å². The Kier molecular flexibility index (Phi) is 1.96. The Balaban J connectivity index is 2.14. The minimum absolute atomic E-state index is 0.713. The van der Waals surface area contributed by atoms with Gasteiger partial charge in [-0.1, -0.05) is 6.07 Å². The van der Waals surface area contributed by atoms with Gasteiger partial charge in [-0.2, -0.15) is 15.4 Å². The average molecular weight is 212 g/mol. The minimum Gasteiger partial charge on any atom is -0.343 e. The van der Waals surface area contributed by atoms with Gasteiger partial charge in [-0.15, -0.1) is 0 Å². The standard InChI is InChI=1S/C10H8N6/c1-2-4-12-7(3-1)9-10(15-16-14-9)8-5-11-6-13-8/h1-6H,(H,11,13)(H,14,15,16). The van der Waals surface area contributed by atoms with Crippen LogP contribution in [0.25, 0.3) is 22.8 Å². The molecule has 0 saturated carbocycles. The summed E-state index contributed by atoms with van der Waals surface area (Å²) in [5.74, 6) is 0. The van der Waals surface area contributed by atoms with Crippen molar-refractivity contribution in [2.24, 2.45) is 0 Å². The molecule has 0 aromatic carbocycles. The number of aromatic amines is 2. The van der Waals surface area contributed by atoms with Gasteiger partial charge in [0.1, 0.15) is 11.4 Å². The lowest BCUT2D eigenvalue weighted by Crippen LogP contribution is -1.86. The van der Waals surface area contributed by atoms with Crippen molar-refractivity contribution in [1.82, 2.24) is 30.4 Å². The topological polar surface area (TPSA) is 83.1 Å². The van der Waals surface area contributed by atoms with E-state index in [2.05, 4.69) is 30.4 Å². The molecule has 2 N–H and O–H groups in total. The molecule has 3 aromatic heterocycles. The van der Waals surface area contributed by atoms with Crippen LogP contribution >= 0.6 is 0 Å². The lowest BCUT2D eigenvalue weighted by Gasteiger charge is -1.96. The van der Waals surface area contributed by atoms with E-state index in [1.165, 1.54) is 0 Å². The monoisotopic (exact) mass is 212 g/mol. The van der Waals surface area contributed by atoms with Crippen molar-refractivity contribution in [3.63, 3.8) is 0 Å². The summed E-state index contributed by atoms with van der Waals surface area (Å²) in [6.07, 6.45) is 5.03. The molecule has 0 aliphatic carbocycles. The molecule has 0 amide bonds. The summed E-state index contributed by atoms with van der Waals surface area (Å²) in [5.41, 5.74) is 3.02. The Morgan fingerprint density at radius 2 is 2.00 bits per heavy atom. The molecule has 0 spiro atoms. The molecule has 3 aromatic rings. The lowest BCUT2D eigenvalue weighted by molar-refractivity contribution is 0.941. The number of pyridine rings is 1. The summed E-state index contributed by atoms with van der Waals surface area (Å²) in [5, 5.41) is 10.8. The molecule has 6 nitrogen and oxygen atoms in total. The van der Waals surface area contributed by atoms with Crippen LogP contribution in [0.15, 0.2) is 36.9 Å². The summed E-state index contributed by atoms with van der Waals surface area (Å²) in [6.45, 7) is 0. The van der Waals surface area contributed by atoms with Crippen LogP contribution in [-0.2, 0) is 0 Å². The minimum atomic E-state index is 0.713. The third-order valence-electron chi connectivity index (χ3n) is 2.21. The van der Waals surface area contributed by atoms with Crippen LogP contribution in [0.4, 0.5) is 0 Å². The predicted molar refractivity (Wildman–Crippen MR) is 57.2 cm³/mol. The van der Waals surface area contributed by atoms with E-state index in [1.54, 1.807) is 18.7 Å². The molecule has 0 fully saturated rings. The number of rotatable bonds is 2. The van der Waals surface area contributed by atoms with Crippen LogP contribution in [-0.4, -0.2) is 30.4 Å². The number of hydrogen-bond acceptors (Lipinski definition) is 4. The zero-order valence-corrected chi connectivity index (χ0v) is 8.25. The fraction of sp³-hybridized carbons (Fsp3) is 0. The van der Waals surface area contributed by atoms with E-state index in [4.69, 9.17) is 0 Å². The van der Waals surface area contributed by atoms with E-state index < -0.39 is 0 Å². The normalized spacial score (nSPS) is 10.5. The molecule has 78 valence electrons. The first-order chi connectivity index (χ1) is 7.95. The van der Waals surface area contributed by atoms with Crippen molar-refractivity contribution in [3.05, 3.63) is 36.9 Å². The number of aromatic nitrogens is 6. The maximum Gasteiger partial charge on any atom is 0.140 e. The number of nitrogens with one attached hydrogen (secondary N) is 2. The Morgan fingerprint density at radius 3 is 2.75 bits per heavy atom. The first-order valence-corrected chi connectivity index (χ1v) is 4.76. The van der Waals surface area contributed by atoms with Crippen molar-refractivity contribution in [3.8, 4) is 22.8 Å². The molecule has 0 aliphatic rings. The highest BCUT2D eigenvalue weighted by Crippen LogP contribution is 2.24. The lowest BCUT2D eigenvalue weighted by atomic mass is 10.2. The molecular weight excluding hydrogens is 204 g/mol. The van der Waals surface area contributed by atoms with Crippen molar-refractivity contribution in [1.29, 1.82) is 0 Å². The fourth-order valence-electron chi connectivity index (χ4n) is 1.49. The quantitative estimate of drug-likeness (QED) is 0.669. The summed E-state index contributed by atoms with van der Waals surface area (Å²) in [4.78, 5) is 11.2. The Bertz CT molecular complexity index is 568. The van der Waals surface area contributed by atoms with Gasteiger partial charge in [0.25, 0.3) is 0 Å².